The normalized spacial score (nSPS) is 18.7. The van der Waals surface area contributed by atoms with Crippen molar-refractivity contribution in [1.82, 2.24) is 0 Å². The molecule has 47 heavy (non-hydrogen) atoms. The molecule has 2 aliphatic carbocycles. The van der Waals surface area contributed by atoms with Gasteiger partial charge in [-0.15, -0.1) is 0 Å². The van der Waals surface area contributed by atoms with Crippen molar-refractivity contribution in [2.45, 2.75) is 38.5 Å². The lowest BCUT2D eigenvalue weighted by molar-refractivity contribution is 0.660. The first kappa shape index (κ1) is 28.5. The van der Waals surface area contributed by atoms with E-state index in [-0.39, 0.29) is 10.8 Å². The average molecular weight is 621 g/mol. The van der Waals surface area contributed by atoms with Gasteiger partial charge in [-0.2, -0.15) is 0 Å². The van der Waals surface area contributed by atoms with Crippen LogP contribution in [-0.2, 0) is 10.8 Å². The summed E-state index contributed by atoms with van der Waals surface area (Å²) in [5.74, 6) is 0. The molecule has 0 saturated heterocycles. The molecule has 1 unspecified atom stereocenters. The second kappa shape index (κ2) is 10.4. The Bertz CT molecular complexity index is 2280. The zero-order chi connectivity index (χ0) is 31.9. The predicted molar refractivity (Wildman–Crippen MR) is 201 cm³/mol. The lowest BCUT2D eigenvalue weighted by atomic mass is 9.81. The van der Waals surface area contributed by atoms with Crippen molar-refractivity contribution in [2.24, 2.45) is 0 Å². The molecule has 1 aliphatic heterocycles. The van der Waals surface area contributed by atoms with Crippen LogP contribution in [0.2, 0.25) is 0 Å². The average Bonchev–Trinajstić information content (AvgIpc) is 3.46. The van der Waals surface area contributed by atoms with E-state index < -0.39 is 7.92 Å². The number of benzene rings is 6. The van der Waals surface area contributed by atoms with E-state index in [0.29, 0.717) is 0 Å². The van der Waals surface area contributed by atoms with Crippen molar-refractivity contribution in [3.8, 4) is 22.3 Å². The van der Waals surface area contributed by atoms with Gasteiger partial charge in [0.15, 0.2) is 0 Å². The molecule has 0 N–H and O–H groups in total. The van der Waals surface area contributed by atoms with Gasteiger partial charge < -0.3 is 0 Å². The van der Waals surface area contributed by atoms with E-state index >= 15 is 0 Å². The highest BCUT2D eigenvalue weighted by atomic mass is 31.1. The summed E-state index contributed by atoms with van der Waals surface area (Å²) in [5.41, 5.74) is 16.4. The highest BCUT2D eigenvalue weighted by molar-refractivity contribution is 7.81. The highest BCUT2D eigenvalue weighted by Crippen LogP contribution is 2.68. The summed E-state index contributed by atoms with van der Waals surface area (Å²) in [5, 5.41) is 4.31. The Balaban J connectivity index is 1.25. The third-order valence-corrected chi connectivity index (χ3v) is 13.4. The number of hydrogen-bond donors (Lipinski definition) is 0. The van der Waals surface area contributed by atoms with Crippen LogP contribution in [0.1, 0.15) is 66.6 Å². The standard InChI is InChI=1S/C46H37P/c1-45(2)38-21-13-11-19-34(38)36-25-23-31(27-40(36)45)42-29-43(47(42)33-17-9-6-10-18-33)44(30-15-7-5-8-16-30)32-24-26-37-35-20-12-14-22-39(35)46(3,4)41(37)28-32/h5-29H,1-4H3/b44-43+. The van der Waals surface area contributed by atoms with Crippen LogP contribution in [0.3, 0.4) is 0 Å². The smallest absolute Gasteiger partial charge is 0.0159 e. The van der Waals surface area contributed by atoms with Crippen molar-refractivity contribution in [2.75, 3.05) is 0 Å². The largest absolute Gasteiger partial charge is 0.0622 e. The van der Waals surface area contributed by atoms with Gasteiger partial charge in [0.05, 0.1) is 0 Å². The van der Waals surface area contributed by atoms with Crippen LogP contribution >= 0.6 is 7.92 Å². The number of allylic oxidation sites excluding steroid dienone is 2. The van der Waals surface area contributed by atoms with Crippen LogP contribution in [0.25, 0.3) is 33.1 Å². The van der Waals surface area contributed by atoms with Gasteiger partial charge in [0.2, 0.25) is 0 Å². The number of hydrogen-bond acceptors (Lipinski definition) is 0. The fraction of sp³-hybridized carbons (Fsp3) is 0.130. The lowest BCUT2D eigenvalue weighted by Crippen LogP contribution is -2.16. The third kappa shape index (κ3) is 4.18. The van der Waals surface area contributed by atoms with Crippen molar-refractivity contribution >= 4 is 24.1 Å². The molecular formula is C46H37P. The second-order valence-corrected chi connectivity index (χ2v) is 16.3. The van der Waals surface area contributed by atoms with Crippen LogP contribution in [-0.4, -0.2) is 0 Å². The minimum Gasteiger partial charge on any atom is -0.0622 e. The molecule has 0 fully saturated rings. The maximum absolute atomic E-state index is 2.50. The van der Waals surface area contributed by atoms with Gasteiger partial charge in [-0.25, -0.2) is 0 Å². The molecule has 0 aromatic heterocycles. The van der Waals surface area contributed by atoms with Crippen molar-refractivity contribution in [3.05, 3.63) is 196 Å². The van der Waals surface area contributed by atoms with Gasteiger partial charge in [-0.05, 0) is 109 Å². The molecule has 0 radical (unpaired) electrons. The molecule has 0 amide bonds. The summed E-state index contributed by atoms with van der Waals surface area (Å²) in [6.07, 6.45) is 2.50. The molecule has 226 valence electrons. The van der Waals surface area contributed by atoms with Gasteiger partial charge in [0.1, 0.15) is 0 Å². The molecule has 6 aromatic carbocycles. The predicted octanol–water partition coefficient (Wildman–Crippen LogP) is 11.9. The minimum atomic E-state index is -0.714. The van der Waals surface area contributed by atoms with Crippen LogP contribution < -0.4 is 5.30 Å². The Hall–Kier alpha value is -4.77. The SMILES string of the molecule is CC1(C)c2ccccc2-c2ccc(C3=C/C(=C(/c4ccccc4)c4ccc5c(c4)C(C)(C)c4ccccc4-5)P3c3ccccc3)cc21. The zero-order valence-corrected chi connectivity index (χ0v) is 28.3. The number of rotatable bonds is 4. The van der Waals surface area contributed by atoms with Gasteiger partial charge in [-0.1, -0.05) is 161 Å². The monoisotopic (exact) mass is 620 g/mol. The van der Waals surface area contributed by atoms with Crippen molar-refractivity contribution in [1.29, 1.82) is 0 Å². The summed E-state index contributed by atoms with van der Waals surface area (Å²) in [6, 6.07) is 54.6. The first-order valence-corrected chi connectivity index (χ1v) is 18.0. The first-order valence-electron chi connectivity index (χ1n) is 16.7. The Morgan fingerprint density at radius 3 is 1.60 bits per heavy atom. The topological polar surface area (TPSA) is 0 Å². The summed E-state index contributed by atoms with van der Waals surface area (Å²) < 4.78 is 0. The summed E-state index contributed by atoms with van der Waals surface area (Å²) in [4.78, 5) is 0. The molecule has 3 aliphatic rings. The molecule has 1 heterocycles. The number of fused-ring (bicyclic) bond motifs is 6. The van der Waals surface area contributed by atoms with Crippen LogP contribution in [0, 0.1) is 0 Å². The van der Waals surface area contributed by atoms with E-state index in [0.717, 1.165) is 0 Å². The second-order valence-electron chi connectivity index (χ2n) is 14.2. The van der Waals surface area contributed by atoms with E-state index in [1.54, 1.807) is 0 Å². The maximum Gasteiger partial charge on any atom is 0.0159 e. The fourth-order valence-corrected chi connectivity index (χ4v) is 10.8. The molecule has 9 rings (SSSR count). The van der Waals surface area contributed by atoms with Crippen molar-refractivity contribution in [3.63, 3.8) is 0 Å². The molecule has 0 nitrogen and oxygen atoms in total. The van der Waals surface area contributed by atoms with Gasteiger partial charge in [-0.3, -0.25) is 0 Å². The molecule has 6 aromatic rings. The third-order valence-electron chi connectivity index (χ3n) is 10.8. The maximum atomic E-state index is 2.50. The van der Waals surface area contributed by atoms with Crippen LogP contribution in [0.4, 0.5) is 0 Å². The highest BCUT2D eigenvalue weighted by Gasteiger charge is 2.39. The van der Waals surface area contributed by atoms with E-state index in [9.17, 15) is 0 Å². The summed E-state index contributed by atoms with van der Waals surface area (Å²) in [7, 11) is -0.714. The van der Waals surface area contributed by atoms with E-state index in [1.165, 1.54) is 82.7 Å². The molecule has 0 saturated carbocycles. The summed E-state index contributed by atoms with van der Waals surface area (Å²) >= 11 is 0. The molecule has 1 atom stereocenters. The van der Waals surface area contributed by atoms with E-state index in [1.807, 2.05) is 0 Å². The van der Waals surface area contributed by atoms with Crippen molar-refractivity contribution < 1.29 is 0 Å². The Labute approximate surface area is 279 Å². The Morgan fingerprint density at radius 1 is 0.447 bits per heavy atom. The van der Waals surface area contributed by atoms with Gasteiger partial charge >= 0.3 is 0 Å². The Kier molecular flexibility index (Phi) is 6.28. The van der Waals surface area contributed by atoms with Crippen LogP contribution in [0.15, 0.2) is 157 Å². The Morgan fingerprint density at radius 2 is 0.957 bits per heavy atom. The zero-order valence-electron chi connectivity index (χ0n) is 27.4. The van der Waals surface area contributed by atoms with E-state index in [2.05, 4.69) is 179 Å². The molecule has 0 bridgehead atoms. The van der Waals surface area contributed by atoms with Gasteiger partial charge in [0.25, 0.3) is 0 Å². The lowest BCUT2D eigenvalue weighted by Gasteiger charge is -2.35. The van der Waals surface area contributed by atoms with Gasteiger partial charge in [0, 0.05) is 10.8 Å². The quantitative estimate of drug-likeness (QED) is 0.172. The molecule has 0 spiro atoms. The fourth-order valence-electron chi connectivity index (χ4n) is 8.36. The molecule has 1 heteroatoms. The minimum absolute atomic E-state index is 0.0234. The van der Waals surface area contributed by atoms with Crippen LogP contribution in [0.5, 0.6) is 0 Å². The first-order chi connectivity index (χ1) is 22.8. The van der Waals surface area contributed by atoms with E-state index in [4.69, 9.17) is 0 Å². The summed E-state index contributed by atoms with van der Waals surface area (Å²) in [6.45, 7) is 9.51. The molecular weight excluding hydrogens is 583 g/mol.